The SMILES string of the molecule is OC(Cc1ccsc1)c1ccc2c(c1)OCCO2. The molecule has 1 aliphatic rings. The average molecular weight is 262 g/mol. The first-order chi connectivity index (χ1) is 8.83. The fraction of sp³-hybridized carbons (Fsp3) is 0.286. The number of ether oxygens (including phenoxy) is 2. The highest BCUT2D eigenvalue weighted by Crippen LogP contribution is 2.33. The van der Waals surface area contributed by atoms with E-state index in [1.807, 2.05) is 29.6 Å². The quantitative estimate of drug-likeness (QED) is 0.924. The van der Waals surface area contributed by atoms with Crippen LogP contribution in [0.15, 0.2) is 35.0 Å². The summed E-state index contributed by atoms with van der Waals surface area (Å²) in [5.74, 6) is 1.48. The minimum Gasteiger partial charge on any atom is -0.486 e. The van der Waals surface area contributed by atoms with Crippen molar-refractivity contribution in [3.05, 3.63) is 46.2 Å². The Morgan fingerprint density at radius 2 is 2.00 bits per heavy atom. The van der Waals surface area contributed by atoms with Crippen LogP contribution in [-0.4, -0.2) is 18.3 Å². The van der Waals surface area contributed by atoms with Crippen molar-refractivity contribution in [2.24, 2.45) is 0 Å². The Kier molecular flexibility index (Phi) is 3.21. The Morgan fingerprint density at radius 1 is 1.17 bits per heavy atom. The molecule has 0 radical (unpaired) electrons. The monoisotopic (exact) mass is 262 g/mol. The van der Waals surface area contributed by atoms with Crippen LogP contribution in [0.4, 0.5) is 0 Å². The number of thiophene rings is 1. The zero-order valence-electron chi connectivity index (χ0n) is 9.83. The predicted molar refractivity (Wildman–Crippen MR) is 70.4 cm³/mol. The molecule has 0 fully saturated rings. The van der Waals surface area contributed by atoms with Gasteiger partial charge in [-0.2, -0.15) is 11.3 Å². The molecule has 1 aliphatic heterocycles. The fourth-order valence-electron chi connectivity index (χ4n) is 2.02. The molecule has 2 heterocycles. The standard InChI is InChI=1S/C14H14O3S/c15-12(7-10-3-6-18-9-10)11-1-2-13-14(8-11)17-5-4-16-13/h1-3,6,8-9,12,15H,4-5,7H2. The zero-order valence-corrected chi connectivity index (χ0v) is 10.7. The Bertz CT molecular complexity index is 522. The Morgan fingerprint density at radius 3 is 2.78 bits per heavy atom. The second kappa shape index (κ2) is 5.00. The molecule has 0 saturated heterocycles. The van der Waals surface area contributed by atoms with Gasteiger partial charge >= 0.3 is 0 Å². The second-order valence-corrected chi connectivity index (χ2v) is 5.03. The first-order valence-electron chi connectivity index (χ1n) is 5.91. The van der Waals surface area contributed by atoms with E-state index < -0.39 is 6.10 Å². The van der Waals surface area contributed by atoms with Gasteiger partial charge in [0.05, 0.1) is 6.10 Å². The van der Waals surface area contributed by atoms with Gasteiger partial charge in [0, 0.05) is 6.42 Å². The molecule has 1 aromatic carbocycles. The predicted octanol–water partition coefficient (Wildman–Crippen LogP) is 2.80. The lowest BCUT2D eigenvalue weighted by atomic mass is 10.0. The zero-order chi connectivity index (χ0) is 12.4. The van der Waals surface area contributed by atoms with Gasteiger partial charge in [0.1, 0.15) is 13.2 Å². The second-order valence-electron chi connectivity index (χ2n) is 4.25. The summed E-state index contributed by atoms with van der Waals surface area (Å²) >= 11 is 1.64. The molecule has 94 valence electrons. The Balaban J connectivity index is 1.79. The lowest BCUT2D eigenvalue weighted by Gasteiger charge is -2.20. The highest BCUT2D eigenvalue weighted by atomic mass is 32.1. The lowest BCUT2D eigenvalue weighted by Crippen LogP contribution is -2.15. The van der Waals surface area contributed by atoms with Crippen molar-refractivity contribution < 1.29 is 14.6 Å². The van der Waals surface area contributed by atoms with Crippen LogP contribution in [0.5, 0.6) is 11.5 Å². The van der Waals surface area contributed by atoms with Crippen molar-refractivity contribution in [3.63, 3.8) is 0 Å². The molecule has 0 saturated carbocycles. The minimum atomic E-state index is -0.504. The third-order valence-corrected chi connectivity index (χ3v) is 3.69. The normalized spacial score (nSPS) is 15.4. The van der Waals surface area contributed by atoms with Gasteiger partial charge in [-0.15, -0.1) is 0 Å². The van der Waals surface area contributed by atoms with Gasteiger partial charge in [-0.3, -0.25) is 0 Å². The largest absolute Gasteiger partial charge is 0.486 e. The molecule has 18 heavy (non-hydrogen) atoms. The Hall–Kier alpha value is -1.52. The molecule has 4 heteroatoms. The summed E-state index contributed by atoms with van der Waals surface area (Å²) in [5, 5.41) is 14.3. The van der Waals surface area contributed by atoms with Crippen molar-refractivity contribution in [2.45, 2.75) is 12.5 Å². The van der Waals surface area contributed by atoms with E-state index >= 15 is 0 Å². The highest BCUT2D eigenvalue weighted by molar-refractivity contribution is 7.07. The number of fused-ring (bicyclic) bond motifs is 1. The van der Waals surface area contributed by atoms with Crippen molar-refractivity contribution in [2.75, 3.05) is 13.2 Å². The smallest absolute Gasteiger partial charge is 0.161 e. The first kappa shape index (κ1) is 11.6. The van der Waals surface area contributed by atoms with Crippen molar-refractivity contribution in [1.29, 1.82) is 0 Å². The van der Waals surface area contributed by atoms with Crippen molar-refractivity contribution >= 4 is 11.3 Å². The molecule has 0 spiro atoms. The van der Waals surface area contributed by atoms with E-state index in [4.69, 9.17) is 9.47 Å². The summed E-state index contributed by atoms with van der Waals surface area (Å²) in [6.07, 6.45) is 0.124. The van der Waals surface area contributed by atoms with Crippen LogP contribution in [0.1, 0.15) is 17.2 Å². The fourth-order valence-corrected chi connectivity index (χ4v) is 2.70. The van der Waals surface area contributed by atoms with Gasteiger partial charge in [0.2, 0.25) is 0 Å². The highest BCUT2D eigenvalue weighted by Gasteiger charge is 2.15. The maximum Gasteiger partial charge on any atom is 0.161 e. The van der Waals surface area contributed by atoms with Gasteiger partial charge < -0.3 is 14.6 Å². The van der Waals surface area contributed by atoms with Gasteiger partial charge in [0.25, 0.3) is 0 Å². The van der Waals surface area contributed by atoms with E-state index in [2.05, 4.69) is 5.38 Å². The molecule has 0 bridgehead atoms. The number of rotatable bonds is 3. The van der Waals surface area contributed by atoms with Crippen molar-refractivity contribution in [3.8, 4) is 11.5 Å². The van der Waals surface area contributed by atoms with Crippen LogP contribution >= 0.6 is 11.3 Å². The van der Waals surface area contributed by atoms with Crippen LogP contribution in [0.25, 0.3) is 0 Å². The van der Waals surface area contributed by atoms with Crippen LogP contribution in [0.2, 0.25) is 0 Å². The van der Waals surface area contributed by atoms with E-state index in [0.717, 1.165) is 22.6 Å². The van der Waals surface area contributed by atoms with Gasteiger partial charge in [-0.05, 0) is 40.1 Å². The van der Waals surface area contributed by atoms with Crippen LogP contribution in [-0.2, 0) is 6.42 Å². The molecule has 3 rings (SSSR count). The van der Waals surface area contributed by atoms with Gasteiger partial charge in [-0.1, -0.05) is 6.07 Å². The minimum absolute atomic E-state index is 0.504. The summed E-state index contributed by atoms with van der Waals surface area (Å²) in [5.41, 5.74) is 2.02. The van der Waals surface area contributed by atoms with E-state index in [0.29, 0.717) is 19.6 Å². The molecule has 1 N–H and O–H groups in total. The third-order valence-electron chi connectivity index (χ3n) is 2.96. The maximum atomic E-state index is 10.2. The molecule has 0 amide bonds. The number of aliphatic hydroxyl groups is 1. The molecular weight excluding hydrogens is 248 g/mol. The number of hydrogen-bond acceptors (Lipinski definition) is 4. The summed E-state index contributed by atoms with van der Waals surface area (Å²) in [4.78, 5) is 0. The third kappa shape index (κ3) is 2.35. The number of hydrogen-bond donors (Lipinski definition) is 1. The summed E-state index contributed by atoms with van der Waals surface area (Å²) in [6, 6.07) is 7.66. The maximum absolute atomic E-state index is 10.2. The molecule has 1 aromatic heterocycles. The van der Waals surface area contributed by atoms with E-state index in [1.54, 1.807) is 11.3 Å². The Labute approximate surface area is 110 Å². The van der Waals surface area contributed by atoms with Crippen LogP contribution in [0.3, 0.4) is 0 Å². The first-order valence-corrected chi connectivity index (χ1v) is 6.86. The van der Waals surface area contributed by atoms with E-state index in [-0.39, 0.29) is 0 Å². The summed E-state index contributed by atoms with van der Waals surface area (Å²) in [7, 11) is 0. The summed E-state index contributed by atoms with van der Waals surface area (Å²) < 4.78 is 11.0. The molecule has 2 aromatic rings. The van der Waals surface area contributed by atoms with Gasteiger partial charge in [-0.25, -0.2) is 0 Å². The topological polar surface area (TPSA) is 38.7 Å². The number of benzene rings is 1. The van der Waals surface area contributed by atoms with Crippen molar-refractivity contribution in [1.82, 2.24) is 0 Å². The van der Waals surface area contributed by atoms with E-state index in [9.17, 15) is 5.11 Å². The van der Waals surface area contributed by atoms with Crippen LogP contribution in [0, 0.1) is 0 Å². The van der Waals surface area contributed by atoms with E-state index in [1.165, 1.54) is 0 Å². The van der Waals surface area contributed by atoms with Gasteiger partial charge in [0.15, 0.2) is 11.5 Å². The number of aliphatic hydroxyl groups excluding tert-OH is 1. The lowest BCUT2D eigenvalue weighted by molar-refractivity contribution is 0.164. The molecule has 1 unspecified atom stereocenters. The molecule has 0 aliphatic carbocycles. The van der Waals surface area contributed by atoms with Crippen LogP contribution < -0.4 is 9.47 Å². The molecule has 1 atom stereocenters. The molecular formula is C14H14O3S. The average Bonchev–Trinajstić information content (AvgIpc) is 2.91. The molecule has 3 nitrogen and oxygen atoms in total. The summed E-state index contributed by atoms with van der Waals surface area (Å²) in [6.45, 7) is 1.15.